The summed E-state index contributed by atoms with van der Waals surface area (Å²) >= 11 is 1.38. The van der Waals surface area contributed by atoms with Crippen LogP contribution in [0.3, 0.4) is 0 Å². The maximum Gasteiger partial charge on any atom is 0.323 e. The Balaban J connectivity index is 1.52. The van der Waals surface area contributed by atoms with Crippen LogP contribution in [0.2, 0.25) is 0 Å². The molecule has 0 spiro atoms. The molecule has 1 atom stereocenters. The number of rotatable bonds is 4. The molecule has 1 fully saturated rings. The molecule has 4 aromatic rings. The number of aryl methyl sites for hydroxylation is 1. The molecule has 9 nitrogen and oxygen atoms in total. The first-order valence-electron chi connectivity index (χ1n) is 12.0. The molecule has 1 unspecified atom stereocenters. The Morgan fingerprint density at radius 1 is 1.24 bits per heavy atom. The summed E-state index contributed by atoms with van der Waals surface area (Å²) in [4.78, 5) is 29.2. The quantitative estimate of drug-likeness (QED) is 0.374. The second-order valence-corrected chi connectivity index (χ2v) is 10.6. The van der Waals surface area contributed by atoms with E-state index in [2.05, 4.69) is 26.7 Å². The van der Waals surface area contributed by atoms with E-state index in [0.29, 0.717) is 36.0 Å². The average molecular weight is 514 g/mol. The number of aliphatic hydroxyl groups is 1. The molecule has 1 saturated heterocycles. The smallest absolute Gasteiger partial charge is 0.323 e. The Morgan fingerprint density at radius 2 is 2.08 bits per heavy atom. The van der Waals surface area contributed by atoms with Crippen LogP contribution in [0.25, 0.3) is 32.6 Å². The van der Waals surface area contributed by atoms with Crippen molar-refractivity contribution in [3.63, 3.8) is 0 Å². The van der Waals surface area contributed by atoms with Crippen molar-refractivity contribution in [2.45, 2.75) is 32.4 Å². The van der Waals surface area contributed by atoms with Crippen LogP contribution in [0.4, 0.5) is 9.93 Å². The van der Waals surface area contributed by atoms with Crippen LogP contribution in [-0.2, 0) is 0 Å². The zero-order chi connectivity index (χ0) is 26.2. The maximum absolute atomic E-state index is 13.2. The van der Waals surface area contributed by atoms with Gasteiger partial charge in [-0.3, -0.25) is 5.32 Å². The van der Waals surface area contributed by atoms with E-state index in [1.165, 1.54) is 11.3 Å². The molecule has 1 aliphatic rings. The molecule has 0 bridgehead atoms. The lowest BCUT2D eigenvalue weighted by molar-refractivity contribution is 0.0174. The van der Waals surface area contributed by atoms with Gasteiger partial charge in [0, 0.05) is 36.3 Å². The summed E-state index contributed by atoms with van der Waals surface area (Å²) in [6.45, 7) is 6.91. The van der Waals surface area contributed by atoms with Gasteiger partial charge in [-0.25, -0.2) is 19.7 Å². The fraction of sp³-hybridized carbons (Fsp3) is 0.296. The number of hydrogen-bond donors (Lipinski definition) is 3. The molecule has 3 heterocycles. The van der Waals surface area contributed by atoms with Crippen molar-refractivity contribution in [3.8, 4) is 27.8 Å². The normalized spacial score (nSPS) is 16.0. The van der Waals surface area contributed by atoms with E-state index in [4.69, 9.17) is 4.98 Å². The molecule has 1 aliphatic heterocycles. The van der Waals surface area contributed by atoms with E-state index >= 15 is 0 Å². The van der Waals surface area contributed by atoms with Gasteiger partial charge in [-0.05, 0) is 50.6 Å². The van der Waals surface area contributed by atoms with Crippen molar-refractivity contribution in [2.24, 2.45) is 0 Å². The molecule has 37 heavy (non-hydrogen) atoms. The highest BCUT2D eigenvalue weighted by Gasteiger charge is 2.33. The highest BCUT2D eigenvalue weighted by atomic mass is 32.1. The van der Waals surface area contributed by atoms with Crippen molar-refractivity contribution in [1.29, 1.82) is 5.26 Å². The number of aromatic nitrogens is 3. The number of nitriles is 1. The van der Waals surface area contributed by atoms with Crippen molar-refractivity contribution >= 4 is 33.4 Å². The number of urea groups is 1. The molecule has 2 aromatic heterocycles. The van der Waals surface area contributed by atoms with Crippen LogP contribution in [-0.4, -0.2) is 62.3 Å². The van der Waals surface area contributed by atoms with E-state index in [0.717, 1.165) is 32.6 Å². The van der Waals surface area contributed by atoms with Gasteiger partial charge in [-0.15, -0.1) is 0 Å². The largest absolute Gasteiger partial charge is 0.389 e. The number of benzene rings is 2. The lowest BCUT2D eigenvalue weighted by atomic mass is 9.97. The number of nitrogens with zero attached hydrogens (tertiary/aromatic N) is 5. The molecule has 0 aliphatic carbocycles. The zero-order valence-electron chi connectivity index (χ0n) is 20.8. The number of anilines is 1. The summed E-state index contributed by atoms with van der Waals surface area (Å²) in [6.07, 6.45) is 1.55. The van der Waals surface area contributed by atoms with Gasteiger partial charge in [0.05, 0.1) is 39.4 Å². The van der Waals surface area contributed by atoms with E-state index in [-0.39, 0.29) is 12.1 Å². The number of carbonyl (C=O) groups is 1. The third-order valence-electron chi connectivity index (χ3n) is 6.52. The first kappa shape index (κ1) is 24.8. The Labute approximate surface area is 218 Å². The van der Waals surface area contributed by atoms with Gasteiger partial charge < -0.3 is 15.3 Å². The summed E-state index contributed by atoms with van der Waals surface area (Å²) < 4.78 is 0. The molecule has 10 heteroatoms. The Kier molecular flexibility index (Phi) is 6.60. The first-order valence-corrected chi connectivity index (χ1v) is 12.8. The third-order valence-corrected chi connectivity index (χ3v) is 7.54. The molecule has 2 amide bonds. The molecular weight excluding hydrogens is 486 g/mol. The van der Waals surface area contributed by atoms with Crippen molar-refractivity contribution in [3.05, 3.63) is 60.0 Å². The van der Waals surface area contributed by atoms with E-state index < -0.39 is 5.60 Å². The Morgan fingerprint density at radius 3 is 2.86 bits per heavy atom. The second kappa shape index (κ2) is 9.86. The number of piperazine rings is 1. The third kappa shape index (κ3) is 5.15. The van der Waals surface area contributed by atoms with E-state index in [1.54, 1.807) is 37.2 Å². The van der Waals surface area contributed by atoms with Gasteiger partial charge in [0.15, 0.2) is 5.13 Å². The highest BCUT2D eigenvalue weighted by Crippen LogP contribution is 2.40. The standard InChI is InChI=1S/C27H27N7O2S/c1-16-20-12-19(7-8-21(20)31-15-30-16)24-23(18-6-4-5-17(11-18)13-28)32-25(37-24)33-26(35)34-10-9-29-22(14-34)27(2,3)36/h4-8,11-12,15,22,29,36H,9-10,14H2,1-3H3,(H,32,33,35). The molecule has 2 aromatic carbocycles. The molecule has 188 valence electrons. The number of carbonyl (C=O) groups excluding carboxylic acids is 1. The van der Waals surface area contributed by atoms with Crippen LogP contribution in [0.5, 0.6) is 0 Å². The summed E-state index contributed by atoms with van der Waals surface area (Å²) in [6, 6.07) is 14.9. The minimum atomic E-state index is -0.954. The molecule has 0 saturated carbocycles. The fourth-order valence-electron chi connectivity index (χ4n) is 4.41. The maximum atomic E-state index is 13.2. The van der Waals surface area contributed by atoms with Gasteiger partial charge >= 0.3 is 6.03 Å². The number of hydrogen-bond acceptors (Lipinski definition) is 8. The molecular formula is C27H27N7O2S. The van der Waals surface area contributed by atoms with E-state index in [1.807, 2.05) is 37.3 Å². The van der Waals surface area contributed by atoms with E-state index in [9.17, 15) is 15.2 Å². The number of nitrogens with one attached hydrogen (secondary N) is 2. The molecule has 3 N–H and O–H groups in total. The predicted molar refractivity (Wildman–Crippen MR) is 144 cm³/mol. The fourth-order valence-corrected chi connectivity index (χ4v) is 5.38. The van der Waals surface area contributed by atoms with Gasteiger partial charge in [0.1, 0.15) is 6.33 Å². The summed E-state index contributed by atoms with van der Waals surface area (Å²) in [5.74, 6) is 0. The molecule has 5 rings (SSSR count). The zero-order valence-corrected chi connectivity index (χ0v) is 21.6. The average Bonchev–Trinajstić information content (AvgIpc) is 3.32. The lowest BCUT2D eigenvalue weighted by Gasteiger charge is -2.39. The minimum Gasteiger partial charge on any atom is -0.389 e. The number of thiazole rings is 1. The topological polar surface area (TPSA) is 127 Å². The van der Waals surface area contributed by atoms with Crippen LogP contribution >= 0.6 is 11.3 Å². The number of amides is 2. The Hall–Kier alpha value is -3.91. The van der Waals surface area contributed by atoms with Crippen LogP contribution in [0, 0.1) is 18.3 Å². The minimum absolute atomic E-state index is 0.230. The summed E-state index contributed by atoms with van der Waals surface area (Å²) in [7, 11) is 0. The van der Waals surface area contributed by atoms with Crippen molar-refractivity contribution in [1.82, 2.24) is 25.2 Å². The lowest BCUT2D eigenvalue weighted by Crippen LogP contribution is -2.60. The molecule has 0 radical (unpaired) electrons. The number of fused-ring (bicyclic) bond motifs is 1. The highest BCUT2D eigenvalue weighted by molar-refractivity contribution is 7.19. The monoisotopic (exact) mass is 513 g/mol. The van der Waals surface area contributed by atoms with Gasteiger partial charge in [0.25, 0.3) is 0 Å². The summed E-state index contributed by atoms with van der Waals surface area (Å²) in [5, 5.41) is 27.4. The van der Waals surface area contributed by atoms with Crippen LogP contribution in [0.1, 0.15) is 25.1 Å². The second-order valence-electron chi connectivity index (χ2n) is 9.62. The van der Waals surface area contributed by atoms with Gasteiger partial charge in [-0.2, -0.15) is 5.26 Å². The van der Waals surface area contributed by atoms with Gasteiger partial charge in [-0.1, -0.05) is 29.5 Å². The Bertz CT molecular complexity index is 1520. The van der Waals surface area contributed by atoms with Gasteiger partial charge in [0.2, 0.25) is 0 Å². The van der Waals surface area contributed by atoms with Crippen LogP contribution < -0.4 is 10.6 Å². The van der Waals surface area contributed by atoms with Crippen molar-refractivity contribution in [2.75, 3.05) is 25.0 Å². The van der Waals surface area contributed by atoms with Crippen molar-refractivity contribution < 1.29 is 9.90 Å². The summed E-state index contributed by atoms with van der Waals surface area (Å²) in [5.41, 5.74) is 3.69. The predicted octanol–water partition coefficient (Wildman–Crippen LogP) is 4.18. The SMILES string of the molecule is Cc1ncnc2ccc(-c3sc(NC(=O)N4CCNC(C(C)(C)O)C4)nc3-c3cccc(C#N)c3)cc12. The first-order chi connectivity index (χ1) is 17.7. The van der Waals surface area contributed by atoms with Crippen LogP contribution in [0.15, 0.2) is 48.8 Å².